The molecule has 0 aliphatic heterocycles. The summed E-state index contributed by atoms with van der Waals surface area (Å²) in [5.41, 5.74) is 15.4. The second kappa shape index (κ2) is 7.67. The topological polar surface area (TPSA) is 0 Å². The third-order valence-corrected chi connectivity index (χ3v) is 9.12. The quantitative estimate of drug-likeness (QED) is 0.209. The summed E-state index contributed by atoms with van der Waals surface area (Å²) in [4.78, 5) is 0. The fraction of sp³-hybridized carbons (Fsp3) is 0.158. The minimum Gasteiger partial charge on any atom is -0.207 e. The number of hydrogen-bond donors (Lipinski definition) is 0. The summed E-state index contributed by atoms with van der Waals surface area (Å²) < 4.78 is 15.2. The molecule has 0 bridgehead atoms. The van der Waals surface area contributed by atoms with Crippen LogP contribution in [0, 0.1) is 5.82 Å². The highest BCUT2D eigenvalue weighted by Crippen LogP contribution is 2.64. The van der Waals surface area contributed by atoms with Crippen LogP contribution in [0.15, 0.2) is 103 Å². The molecule has 8 rings (SSSR count). The van der Waals surface area contributed by atoms with E-state index in [1.165, 1.54) is 61.2 Å². The van der Waals surface area contributed by atoms with E-state index in [9.17, 15) is 0 Å². The molecule has 0 heterocycles. The number of allylic oxidation sites excluding steroid dienone is 1. The van der Waals surface area contributed by atoms with Gasteiger partial charge in [-0.3, -0.25) is 0 Å². The minimum atomic E-state index is -0.592. The monoisotopic (exact) mass is 504 g/mol. The van der Waals surface area contributed by atoms with Gasteiger partial charge in [0.25, 0.3) is 0 Å². The molecule has 1 atom stereocenters. The molecular weight excluding hydrogens is 475 g/mol. The van der Waals surface area contributed by atoms with Crippen molar-refractivity contribution in [1.82, 2.24) is 0 Å². The third kappa shape index (κ3) is 2.93. The highest BCUT2D eigenvalue weighted by atomic mass is 19.1. The lowest BCUT2D eigenvalue weighted by atomic mass is 9.68. The van der Waals surface area contributed by atoms with Gasteiger partial charge in [0.2, 0.25) is 0 Å². The third-order valence-electron chi connectivity index (χ3n) is 9.12. The average molecular weight is 505 g/mol. The first-order valence-electron chi connectivity index (χ1n) is 13.9. The van der Waals surface area contributed by atoms with Crippen LogP contribution in [0.2, 0.25) is 0 Å². The molecule has 5 aromatic rings. The Morgan fingerprint density at radius 1 is 0.641 bits per heavy atom. The highest BCUT2D eigenvalue weighted by molar-refractivity contribution is 5.99. The number of hydrogen-bond acceptors (Lipinski definition) is 0. The van der Waals surface area contributed by atoms with Crippen molar-refractivity contribution in [3.05, 3.63) is 148 Å². The molecule has 0 amide bonds. The number of rotatable bonds is 1. The van der Waals surface area contributed by atoms with Gasteiger partial charge in [-0.2, -0.15) is 0 Å². The summed E-state index contributed by atoms with van der Waals surface area (Å²) in [6, 6.07) is 34.6. The van der Waals surface area contributed by atoms with Gasteiger partial charge in [-0.25, -0.2) is 4.39 Å². The zero-order chi connectivity index (χ0) is 26.5. The molecule has 3 aliphatic carbocycles. The maximum atomic E-state index is 15.2. The van der Waals surface area contributed by atoms with E-state index in [1.807, 2.05) is 6.07 Å². The summed E-state index contributed by atoms with van der Waals surface area (Å²) in [5, 5.41) is 0. The van der Waals surface area contributed by atoms with Crippen LogP contribution in [0.25, 0.3) is 39.5 Å². The molecule has 1 spiro atoms. The SMILES string of the molecule is CC(C)(C)c1ccc2c(c1)C1(c3cc(F)ccc3-2)c2ccccc2-c2cccc(-c3ccc4c(c3)C=CC4)c21. The van der Waals surface area contributed by atoms with Gasteiger partial charge in [-0.1, -0.05) is 112 Å². The van der Waals surface area contributed by atoms with E-state index >= 15 is 4.39 Å². The second-order valence-corrected chi connectivity index (χ2v) is 12.2. The lowest BCUT2D eigenvalue weighted by molar-refractivity contribution is 0.588. The zero-order valence-corrected chi connectivity index (χ0v) is 22.5. The van der Waals surface area contributed by atoms with Gasteiger partial charge in [0.1, 0.15) is 5.82 Å². The fourth-order valence-electron chi connectivity index (χ4n) is 7.34. The van der Waals surface area contributed by atoms with E-state index in [-0.39, 0.29) is 11.2 Å². The summed E-state index contributed by atoms with van der Waals surface area (Å²) in [5.74, 6) is -0.192. The van der Waals surface area contributed by atoms with Crippen LogP contribution < -0.4 is 0 Å². The van der Waals surface area contributed by atoms with Gasteiger partial charge in [-0.15, -0.1) is 0 Å². The van der Waals surface area contributed by atoms with Crippen molar-refractivity contribution in [2.45, 2.75) is 38.0 Å². The Labute approximate surface area is 229 Å². The van der Waals surface area contributed by atoms with E-state index in [0.29, 0.717) is 0 Å². The molecule has 1 heteroatoms. The molecule has 0 nitrogen and oxygen atoms in total. The summed E-state index contributed by atoms with van der Waals surface area (Å²) in [6.45, 7) is 6.80. The average Bonchev–Trinajstić information content (AvgIpc) is 3.60. The lowest BCUT2D eigenvalue weighted by Gasteiger charge is -2.33. The molecule has 1 unspecified atom stereocenters. The summed E-state index contributed by atoms with van der Waals surface area (Å²) in [6.07, 6.45) is 5.46. The van der Waals surface area contributed by atoms with E-state index in [2.05, 4.69) is 112 Å². The Bertz CT molecular complexity index is 1880. The van der Waals surface area contributed by atoms with Gasteiger partial charge in [0, 0.05) is 0 Å². The van der Waals surface area contributed by atoms with Crippen molar-refractivity contribution in [2.24, 2.45) is 0 Å². The van der Waals surface area contributed by atoms with Crippen LogP contribution in [0.4, 0.5) is 4.39 Å². The molecule has 3 aliphatic rings. The van der Waals surface area contributed by atoms with Gasteiger partial charge < -0.3 is 0 Å². The molecule has 5 aromatic carbocycles. The minimum absolute atomic E-state index is 0.0109. The Morgan fingerprint density at radius 3 is 2.21 bits per heavy atom. The van der Waals surface area contributed by atoms with Crippen LogP contribution in [0.5, 0.6) is 0 Å². The number of halogens is 1. The first-order chi connectivity index (χ1) is 18.9. The Hall–Kier alpha value is -4.23. The van der Waals surface area contributed by atoms with Gasteiger partial charge in [-0.05, 0) is 102 Å². The fourth-order valence-corrected chi connectivity index (χ4v) is 7.34. The first-order valence-corrected chi connectivity index (χ1v) is 13.9. The van der Waals surface area contributed by atoms with E-state index in [0.717, 1.165) is 17.5 Å². The molecule has 0 saturated carbocycles. The Balaban J connectivity index is 1.55. The van der Waals surface area contributed by atoms with Crippen molar-refractivity contribution in [1.29, 1.82) is 0 Å². The van der Waals surface area contributed by atoms with Crippen LogP contribution in [-0.2, 0) is 17.3 Å². The number of fused-ring (bicyclic) bond motifs is 11. The van der Waals surface area contributed by atoms with Crippen molar-refractivity contribution in [3.8, 4) is 33.4 Å². The van der Waals surface area contributed by atoms with Crippen LogP contribution in [-0.4, -0.2) is 0 Å². The van der Waals surface area contributed by atoms with E-state index in [1.54, 1.807) is 12.1 Å². The molecule has 0 saturated heterocycles. The van der Waals surface area contributed by atoms with Crippen molar-refractivity contribution >= 4 is 6.08 Å². The summed E-state index contributed by atoms with van der Waals surface area (Å²) in [7, 11) is 0. The summed E-state index contributed by atoms with van der Waals surface area (Å²) >= 11 is 0. The van der Waals surface area contributed by atoms with Crippen molar-refractivity contribution < 1.29 is 4.39 Å². The standard InChI is InChI=1S/C38H29F/c1-37(2,3)26-16-18-30-31-19-17-27(39)22-35(31)38(34(30)21-26)33-13-5-4-10-29(33)32-12-7-11-28(36(32)38)25-15-14-23-8-6-9-24(23)20-25/h4-7,9-22H,8H2,1-3H3. The van der Waals surface area contributed by atoms with E-state index < -0.39 is 5.41 Å². The van der Waals surface area contributed by atoms with Crippen molar-refractivity contribution in [2.75, 3.05) is 0 Å². The number of benzene rings is 5. The van der Waals surface area contributed by atoms with Gasteiger partial charge >= 0.3 is 0 Å². The highest BCUT2D eigenvalue weighted by Gasteiger charge is 2.53. The van der Waals surface area contributed by atoms with Gasteiger partial charge in [0.15, 0.2) is 0 Å². The molecule has 0 fully saturated rings. The molecule has 0 aromatic heterocycles. The predicted molar refractivity (Wildman–Crippen MR) is 160 cm³/mol. The van der Waals surface area contributed by atoms with Crippen LogP contribution in [0.1, 0.15) is 59.7 Å². The Kier molecular flexibility index (Phi) is 4.47. The molecule has 39 heavy (non-hydrogen) atoms. The smallest absolute Gasteiger partial charge is 0.123 e. The maximum Gasteiger partial charge on any atom is 0.123 e. The predicted octanol–water partition coefficient (Wildman–Crippen LogP) is 9.70. The van der Waals surface area contributed by atoms with E-state index in [4.69, 9.17) is 0 Å². The first kappa shape index (κ1) is 22.7. The molecule has 188 valence electrons. The van der Waals surface area contributed by atoms with Gasteiger partial charge in [0.05, 0.1) is 5.41 Å². The van der Waals surface area contributed by atoms with Crippen LogP contribution >= 0.6 is 0 Å². The molecular formula is C38H29F. The zero-order valence-electron chi connectivity index (χ0n) is 22.5. The second-order valence-electron chi connectivity index (χ2n) is 12.2. The normalized spacial score (nSPS) is 17.6. The molecule has 0 radical (unpaired) electrons. The largest absolute Gasteiger partial charge is 0.207 e. The van der Waals surface area contributed by atoms with Crippen LogP contribution in [0.3, 0.4) is 0 Å². The van der Waals surface area contributed by atoms with Crippen molar-refractivity contribution in [3.63, 3.8) is 0 Å². The Morgan fingerprint density at radius 2 is 1.36 bits per heavy atom. The molecule has 0 N–H and O–H groups in total. The lowest BCUT2D eigenvalue weighted by Crippen LogP contribution is -2.27. The maximum absolute atomic E-state index is 15.2.